The lowest BCUT2D eigenvalue weighted by Gasteiger charge is -2.43. The van der Waals surface area contributed by atoms with Gasteiger partial charge in [-0.15, -0.1) is 0 Å². The van der Waals surface area contributed by atoms with Crippen LogP contribution in [-0.2, 0) is 4.79 Å². The molecule has 1 N–H and O–H groups in total. The second kappa shape index (κ2) is 6.02. The molecule has 20 heavy (non-hydrogen) atoms. The number of hydrogen-bond donors (Lipinski definition) is 1. The minimum Gasteiger partial charge on any atom is -0.480 e. The van der Waals surface area contributed by atoms with Gasteiger partial charge in [-0.3, -0.25) is 0 Å². The van der Waals surface area contributed by atoms with E-state index >= 15 is 0 Å². The number of amides is 2. The van der Waals surface area contributed by atoms with Crippen LogP contribution in [0.15, 0.2) is 0 Å². The number of rotatable bonds is 1. The summed E-state index contributed by atoms with van der Waals surface area (Å²) in [5.41, 5.74) is -1.03. The Balaban J connectivity index is 2.11. The molecule has 2 amide bonds. The van der Waals surface area contributed by atoms with E-state index in [0.717, 1.165) is 45.2 Å². The number of piperidine rings is 1. The first-order valence-corrected chi connectivity index (χ1v) is 7.75. The molecular formula is C15H26N2O3. The van der Waals surface area contributed by atoms with Gasteiger partial charge in [0.25, 0.3) is 0 Å². The molecule has 2 aliphatic heterocycles. The van der Waals surface area contributed by atoms with Crippen molar-refractivity contribution >= 4 is 12.0 Å². The van der Waals surface area contributed by atoms with Crippen LogP contribution >= 0.6 is 0 Å². The van der Waals surface area contributed by atoms with Crippen LogP contribution in [0, 0.1) is 5.92 Å². The van der Waals surface area contributed by atoms with Gasteiger partial charge in [0.15, 0.2) is 0 Å². The van der Waals surface area contributed by atoms with Gasteiger partial charge in [-0.1, -0.05) is 6.92 Å². The van der Waals surface area contributed by atoms with Gasteiger partial charge in [-0.2, -0.15) is 0 Å². The maximum absolute atomic E-state index is 12.7. The first-order valence-electron chi connectivity index (χ1n) is 7.75. The van der Waals surface area contributed by atoms with E-state index in [-0.39, 0.29) is 6.03 Å². The third-order valence-corrected chi connectivity index (χ3v) is 4.87. The number of aliphatic carboxylic acids is 1. The summed E-state index contributed by atoms with van der Waals surface area (Å²) in [6.45, 7) is 5.98. The van der Waals surface area contributed by atoms with Crippen molar-refractivity contribution in [1.82, 2.24) is 9.80 Å². The van der Waals surface area contributed by atoms with Crippen molar-refractivity contribution in [3.63, 3.8) is 0 Å². The number of carbonyl (C=O) groups is 2. The molecule has 0 aliphatic carbocycles. The maximum Gasteiger partial charge on any atom is 0.329 e. The minimum absolute atomic E-state index is 0.0799. The largest absolute Gasteiger partial charge is 0.480 e. The number of nitrogens with zero attached hydrogens (tertiary/aromatic N) is 2. The molecule has 0 aromatic heterocycles. The molecule has 2 atom stereocenters. The average molecular weight is 282 g/mol. The molecule has 2 unspecified atom stereocenters. The number of likely N-dealkylation sites (tertiary alicyclic amines) is 2. The summed E-state index contributed by atoms with van der Waals surface area (Å²) in [5, 5.41) is 9.50. The summed E-state index contributed by atoms with van der Waals surface area (Å²) < 4.78 is 0. The molecule has 0 aromatic carbocycles. The highest BCUT2D eigenvalue weighted by Gasteiger charge is 2.45. The van der Waals surface area contributed by atoms with Crippen molar-refractivity contribution in [3.05, 3.63) is 0 Å². The Labute approximate surface area is 120 Å². The molecule has 2 heterocycles. The Morgan fingerprint density at radius 2 is 1.85 bits per heavy atom. The zero-order valence-corrected chi connectivity index (χ0v) is 12.6. The third kappa shape index (κ3) is 2.91. The molecule has 2 saturated heterocycles. The molecule has 0 aromatic rings. The van der Waals surface area contributed by atoms with Crippen LogP contribution in [0.25, 0.3) is 0 Å². The van der Waals surface area contributed by atoms with Crippen LogP contribution in [0.3, 0.4) is 0 Å². The number of urea groups is 1. The molecule has 0 radical (unpaired) electrons. The highest BCUT2D eigenvalue weighted by molar-refractivity contribution is 5.86. The lowest BCUT2D eigenvalue weighted by molar-refractivity contribution is -0.150. The van der Waals surface area contributed by atoms with E-state index in [2.05, 4.69) is 6.92 Å². The zero-order chi connectivity index (χ0) is 14.8. The van der Waals surface area contributed by atoms with Crippen molar-refractivity contribution in [2.24, 2.45) is 5.92 Å². The standard InChI is InChI=1S/C15H26N2O3/c1-12-6-5-9-16(11-7-12)14(20)17-10-4-3-8-15(17,2)13(18)19/h12H,3-11H2,1-2H3,(H,18,19). The molecule has 5 nitrogen and oxygen atoms in total. The second-order valence-corrected chi connectivity index (χ2v) is 6.49. The van der Waals surface area contributed by atoms with Crippen LogP contribution in [0.1, 0.15) is 52.4 Å². The van der Waals surface area contributed by atoms with E-state index < -0.39 is 11.5 Å². The predicted octanol–water partition coefficient (Wildman–Crippen LogP) is 2.56. The molecular weight excluding hydrogens is 256 g/mol. The van der Waals surface area contributed by atoms with Crippen LogP contribution in [-0.4, -0.2) is 52.1 Å². The lowest BCUT2D eigenvalue weighted by atomic mass is 9.89. The predicted molar refractivity (Wildman–Crippen MR) is 76.6 cm³/mol. The number of hydrogen-bond acceptors (Lipinski definition) is 2. The zero-order valence-electron chi connectivity index (χ0n) is 12.6. The SMILES string of the molecule is CC1CCCN(C(=O)N2CCCCC2(C)C(=O)O)CC1. The van der Waals surface area contributed by atoms with E-state index in [4.69, 9.17) is 0 Å². The van der Waals surface area contributed by atoms with Gasteiger partial charge >= 0.3 is 12.0 Å². The minimum atomic E-state index is -1.03. The quantitative estimate of drug-likeness (QED) is 0.804. The Hall–Kier alpha value is -1.26. The molecule has 114 valence electrons. The van der Waals surface area contributed by atoms with Crippen LogP contribution in [0.2, 0.25) is 0 Å². The van der Waals surface area contributed by atoms with E-state index in [9.17, 15) is 14.7 Å². The molecule has 2 fully saturated rings. The molecule has 0 saturated carbocycles. The Morgan fingerprint density at radius 1 is 1.10 bits per heavy atom. The lowest BCUT2D eigenvalue weighted by Crippen LogP contribution is -2.60. The van der Waals surface area contributed by atoms with Crippen LogP contribution in [0.5, 0.6) is 0 Å². The van der Waals surface area contributed by atoms with Crippen LogP contribution in [0.4, 0.5) is 4.79 Å². The molecule has 5 heteroatoms. The van der Waals surface area contributed by atoms with Gasteiger partial charge in [-0.25, -0.2) is 9.59 Å². The summed E-state index contributed by atoms with van der Waals surface area (Å²) in [5.74, 6) is -0.228. The van der Waals surface area contributed by atoms with Crippen molar-refractivity contribution in [2.75, 3.05) is 19.6 Å². The van der Waals surface area contributed by atoms with Crippen molar-refractivity contribution in [2.45, 2.75) is 57.9 Å². The van der Waals surface area contributed by atoms with Gasteiger partial charge in [0.05, 0.1) is 0 Å². The maximum atomic E-state index is 12.7. The van der Waals surface area contributed by atoms with E-state index in [1.54, 1.807) is 11.8 Å². The Morgan fingerprint density at radius 3 is 2.55 bits per heavy atom. The molecule has 2 rings (SSSR count). The molecule has 2 aliphatic rings. The summed E-state index contributed by atoms with van der Waals surface area (Å²) in [6, 6.07) is -0.0799. The smallest absolute Gasteiger partial charge is 0.329 e. The van der Waals surface area contributed by atoms with E-state index in [0.29, 0.717) is 18.9 Å². The first-order chi connectivity index (χ1) is 9.45. The normalized spacial score (nSPS) is 31.8. The van der Waals surface area contributed by atoms with Gasteiger partial charge in [0.2, 0.25) is 0 Å². The van der Waals surface area contributed by atoms with Crippen molar-refractivity contribution in [1.29, 1.82) is 0 Å². The monoisotopic (exact) mass is 282 g/mol. The number of carboxylic acid groups (broad SMARTS) is 1. The second-order valence-electron chi connectivity index (χ2n) is 6.49. The summed E-state index contributed by atoms with van der Waals surface area (Å²) in [7, 11) is 0. The fourth-order valence-electron chi connectivity index (χ4n) is 3.27. The third-order valence-electron chi connectivity index (χ3n) is 4.87. The fourth-order valence-corrected chi connectivity index (χ4v) is 3.27. The highest BCUT2D eigenvalue weighted by Crippen LogP contribution is 2.30. The van der Waals surface area contributed by atoms with Gasteiger partial charge in [0, 0.05) is 19.6 Å². The molecule has 0 spiro atoms. The summed E-state index contributed by atoms with van der Waals surface area (Å²) in [6.07, 6.45) is 5.52. The average Bonchev–Trinajstić information content (AvgIpc) is 2.63. The van der Waals surface area contributed by atoms with Crippen molar-refractivity contribution in [3.8, 4) is 0 Å². The summed E-state index contributed by atoms with van der Waals surface area (Å²) in [4.78, 5) is 27.8. The van der Waals surface area contributed by atoms with Gasteiger partial charge in [0.1, 0.15) is 5.54 Å². The van der Waals surface area contributed by atoms with E-state index in [1.807, 2.05) is 4.90 Å². The topological polar surface area (TPSA) is 60.9 Å². The van der Waals surface area contributed by atoms with Gasteiger partial charge < -0.3 is 14.9 Å². The number of carbonyl (C=O) groups excluding carboxylic acids is 1. The van der Waals surface area contributed by atoms with Crippen LogP contribution < -0.4 is 0 Å². The van der Waals surface area contributed by atoms with E-state index in [1.165, 1.54) is 0 Å². The van der Waals surface area contributed by atoms with Crippen molar-refractivity contribution < 1.29 is 14.7 Å². The Kier molecular flexibility index (Phi) is 4.55. The fraction of sp³-hybridized carbons (Fsp3) is 0.867. The highest BCUT2D eigenvalue weighted by atomic mass is 16.4. The Bertz CT molecular complexity index is 385. The summed E-state index contributed by atoms with van der Waals surface area (Å²) >= 11 is 0. The number of carboxylic acids is 1. The van der Waals surface area contributed by atoms with Gasteiger partial charge in [-0.05, 0) is 51.4 Å². The first kappa shape index (κ1) is 15.1. The molecule has 0 bridgehead atoms.